The van der Waals surface area contributed by atoms with E-state index in [2.05, 4.69) is 25.7 Å². The number of benzene rings is 1. The molecule has 3 amide bonds. The van der Waals surface area contributed by atoms with Gasteiger partial charge in [-0.3, -0.25) is 15.1 Å². The summed E-state index contributed by atoms with van der Waals surface area (Å²) in [5.41, 5.74) is 2.39. The van der Waals surface area contributed by atoms with Crippen LogP contribution in [0.3, 0.4) is 0 Å². The third-order valence-electron chi connectivity index (χ3n) is 5.04. The summed E-state index contributed by atoms with van der Waals surface area (Å²) in [6.07, 6.45) is 2.68. The Labute approximate surface area is 193 Å². The van der Waals surface area contributed by atoms with Crippen molar-refractivity contribution in [3.63, 3.8) is 0 Å². The fourth-order valence-corrected chi connectivity index (χ4v) is 3.55. The van der Waals surface area contributed by atoms with Gasteiger partial charge in [-0.2, -0.15) is 0 Å². The largest absolute Gasteiger partial charge is 0.453 e. The number of aromatic nitrogens is 1. The molecule has 1 atom stereocenters. The first-order chi connectivity index (χ1) is 15.7. The molecule has 0 aliphatic carbocycles. The van der Waals surface area contributed by atoms with Gasteiger partial charge in [-0.15, -0.1) is 0 Å². The summed E-state index contributed by atoms with van der Waals surface area (Å²) in [4.78, 5) is 41.4. The summed E-state index contributed by atoms with van der Waals surface area (Å²) >= 11 is 0. The van der Waals surface area contributed by atoms with E-state index in [1.807, 2.05) is 26.8 Å². The van der Waals surface area contributed by atoms with Gasteiger partial charge < -0.3 is 20.1 Å². The Balaban J connectivity index is 1.98. The molecule has 0 fully saturated rings. The molecule has 0 saturated heterocycles. The molecule has 2 bridgehead atoms. The number of rotatable bonds is 2. The zero-order valence-corrected chi connectivity index (χ0v) is 19.4. The number of alkyl carbamates (subject to hydrolysis) is 1. The number of carbonyl (C=O) groups is 3. The van der Waals surface area contributed by atoms with Crippen molar-refractivity contribution in [3.05, 3.63) is 47.8 Å². The van der Waals surface area contributed by atoms with Gasteiger partial charge in [0.15, 0.2) is 0 Å². The van der Waals surface area contributed by atoms with Crippen LogP contribution in [-0.2, 0) is 9.47 Å². The molecule has 3 rings (SSSR count). The molecule has 2 aromatic rings. The van der Waals surface area contributed by atoms with E-state index in [1.165, 1.54) is 7.11 Å². The Hall–Kier alpha value is -3.62. The maximum atomic E-state index is 12.9. The molecule has 9 heteroatoms. The Bertz CT molecular complexity index is 1030. The Morgan fingerprint density at radius 3 is 2.61 bits per heavy atom. The zero-order chi connectivity index (χ0) is 24.0. The van der Waals surface area contributed by atoms with Gasteiger partial charge in [0.05, 0.1) is 18.8 Å². The molecular formula is C24H30N4O5. The number of ether oxygens (including phenoxy) is 2. The molecule has 176 valence electrons. The molecule has 1 aliphatic heterocycles. The van der Waals surface area contributed by atoms with Gasteiger partial charge in [0, 0.05) is 24.0 Å². The molecule has 1 aromatic carbocycles. The van der Waals surface area contributed by atoms with E-state index in [9.17, 15) is 14.4 Å². The van der Waals surface area contributed by atoms with Gasteiger partial charge in [0.25, 0.3) is 5.91 Å². The maximum absolute atomic E-state index is 12.9. The second-order valence-electron chi connectivity index (χ2n) is 8.80. The van der Waals surface area contributed by atoms with Crippen molar-refractivity contribution in [1.82, 2.24) is 15.6 Å². The lowest BCUT2D eigenvalue weighted by Crippen LogP contribution is -2.35. The first-order valence-electron chi connectivity index (χ1n) is 10.9. The topological polar surface area (TPSA) is 119 Å². The molecule has 33 heavy (non-hydrogen) atoms. The minimum Gasteiger partial charge on any atom is -0.453 e. The first kappa shape index (κ1) is 24.0. The van der Waals surface area contributed by atoms with Crippen molar-refractivity contribution >= 4 is 23.8 Å². The van der Waals surface area contributed by atoms with Crippen LogP contribution in [0.5, 0.6) is 0 Å². The van der Waals surface area contributed by atoms with Crippen molar-refractivity contribution in [2.24, 2.45) is 0 Å². The fraction of sp³-hybridized carbons (Fsp3) is 0.417. The Morgan fingerprint density at radius 2 is 1.88 bits per heavy atom. The number of fused-ring (bicyclic) bond motifs is 4. The van der Waals surface area contributed by atoms with Gasteiger partial charge in [-0.05, 0) is 75.4 Å². The third kappa shape index (κ3) is 6.68. The Morgan fingerprint density at radius 1 is 1.09 bits per heavy atom. The van der Waals surface area contributed by atoms with Crippen LogP contribution >= 0.6 is 0 Å². The molecule has 0 radical (unpaired) electrons. The number of amides is 3. The molecule has 9 nitrogen and oxygen atoms in total. The summed E-state index contributed by atoms with van der Waals surface area (Å²) < 4.78 is 10.1. The van der Waals surface area contributed by atoms with Crippen LogP contribution < -0.4 is 16.0 Å². The van der Waals surface area contributed by atoms with Gasteiger partial charge in [0.1, 0.15) is 5.60 Å². The van der Waals surface area contributed by atoms with Crippen molar-refractivity contribution in [3.8, 4) is 11.1 Å². The number of nitrogens with one attached hydrogen (secondary N) is 3. The molecule has 0 spiro atoms. The molecule has 1 aliphatic rings. The average Bonchev–Trinajstić information content (AvgIpc) is 2.76. The summed E-state index contributed by atoms with van der Waals surface area (Å²) in [6.45, 7) is 5.92. The summed E-state index contributed by atoms with van der Waals surface area (Å²) in [6, 6.07) is 8.41. The van der Waals surface area contributed by atoms with Gasteiger partial charge in [0.2, 0.25) is 0 Å². The molecular weight excluding hydrogens is 424 g/mol. The van der Waals surface area contributed by atoms with E-state index < -0.39 is 17.8 Å². The number of carbonyl (C=O) groups excluding carboxylic acids is 3. The first-order valence-corrected chi connectivity index (χ1v) is 10.9. The summed E-state index contributed by atoms with van der Waals surface area (Å²) in [5.74, 6) is -0.235. The zero-order valence-electron chi connectivity index (χ0n) is 19.4. The number of anilines is 1. The molecule has 1 aromatic heterocycles. The van der Waals surface area contributed by atoms with Crippen LogP contribution in [0.2, 0.25) is 0 Å². The second kappa shape index (κ2) is 10.3. The summed E-state index contributed by atoms with van der Waals surface area (Å²) in [5, 5.41) is 8.46. The monoisotopic (exact) mass is 454 g/mol. The average molecular weight is 455 g/mol. The number of hydrogen-bond donors (Lipinski definition) is 3. The number of nitrogens with zero attached hydrogens (tertiary/aromatic N) is 1. The van der Waals surface area contributed by atoms with Crippen LogP contribution in [0.15, 0.2) is 36.5 Å². The van der Waals surface area contributed by atoms with Gasteiger partial charge in [-0.1, -0.05) is 6.07 Å². The number of hydrogen-bond acceptors (Lipinski definition) is 6. The van der Waals surface area contributed by atoms with E-state index >= 15 is 0 Å². The van der Waals surface area contributed by atoms with Crippen molar-refractivity contribution in [1.29, 1.82) is 0 Å². The molecule has 2 heterocycles. The minimum atomic E-state index is -0.620. The fourth-order valence-electron chi connectivity index (χ4n) is 3.55. The highest BCUT2D eigenvalue weighted by atomic mass is 16.6. The SMILES string of the molecule is COC(=O)Nc1ccc2c(c1)C(=O)NCCCC[C@H](NC(=O)OC(C)(C)C)c1cc-2ccn1. The lowest BCUT2D eigenvalue weighted by molar-refractivity contribution is 0.0499. The van der Waals surface area contributed by atoms with Crippen molar-refractivity contribution in [2.45, 2.75) is 51.7 Å². The van der Waals surface area contributed by atoms with Gasteiger partial charge >= 0.3 is 12.2 Å². The summed E-state index contributed by atoms with van der Waals surface area (Å²) in [7, 11) is 1.27. The number of methoxy groups -OCH3 is 1. The molecule has 0 unspecified atom stereocenters. The van der Waals surface area contributed by atoms with E-state index in [4.69, 9.17) is 4.74 Å². The lowest BCUT2D eigenvalue weighted by Gasteiger charge is -2.24. The van der Waals surface area contributed by atoms with Gasteiger partial charge in [-0.25, -0.2) is 9.59 Å². The van der Waals surface area contributed by atoms with Crippen LogP contribution in [-0.4, -0.2) is 42.3 Å². The highest BCUT2D eigenvalue weighted by Gasteiger charge is 2.23. The van der Waals surface area contributed by atoms with E-state index in [0.717, 1.165) is 18.4 Å². The second-order valence-corrected chi connectivity index (χ2v) is 8.80. The predicted octanol–water partition coefficient (Wildman–Crippen LogP) is 4.41. The minimum absolute atomic E-state index is 0.235. The van der Waals surface area contributed by atoms with E-state index in [-0.39, 0.29) is 11.9 Å². The van der Waals surface area contributed by atoms with Crippen LogP contribution in [0.4, 0.5) is 15.3 Å². The number of pyridine rings is 1. The Kier molecular flexibility index (Phi) is 7.52. The highest BCUT2D eigenvalue weighted by Crippen LogP contribution is 2.30. The van der Waals surface area contributed by atoms with E-state index in [0.29, 0.717) is 35.5 Å². The van der Waals surface area contributed by atoms with Crippen LogP contribution in [0.1, 0.15) is 62.1 Å². The smallest absolute Gasteiger partial charge is 0.411 e. The van der Waals surface area contributed by atoms with Crippen LogP contribution in [0, 0.1) is 0 Å². The standard InChI is InChI=1S/C24H30N4O5/c1-24(2,3)33-23(31)28-19-7-5-6-11-26-21(29)18-14-16(27-22(30)32-4)8-9-17(18)15-10-12-25-20(19)13-15/h8-10,12-14,19H,5-7,11H2,1-4H3,(H,26,29)(H,27,30)(H,28,31)/t19-/m0/s1. The third-order valence-corrected chi connectivity index (χ3v) is 5.04. The lowest BCUT2D eigenvalue weighted by atomic mass is 9.96. The van der Waals surface area contributed by atoms with Crippen molar-refractivity contribution < 1.29 is 23.9 Å². The quantitative estimate of drug-likeness (QED) is 0.619. The maximum Gasteiger partial charge on any atom is 0.411 e. The normalized spacial score (nSPS) is 16.2. The predicted molar refractivity (Wildman–Crippen MR) is 124 cm³/mol. The molecule has 0 saturated carbocycles. The van der Waals surface area contributed by atoms with Crippen molar-refractivity contribution in [2.75, 3.05) is 19.0 Å². The highest BCUT2D eigenvalue weighted by molar-refractivity contribution is 6.02. The van der Waals surface area contributed by atoms with Crippen LogP contribution in [0.25, 0.3) is 11.1 Å². The molecule has 3 N–H and O–H groups in total. The van der Waals surface area contributed by atoms with E-state index in [1.54, 1.807) is 30.5 Å².